The third-order valence-electron chi connectivity index (χ3n) is 3.59. The Kier molecular flexibility index (Phi) is 4.42. The van der Waals surface area contributed by atoms with Crippen molar-refractivity contribution in [3.05, 3.63) is 10.6 Å². The Morgan fingerprint density at radius 2 is 2.32 bits per heavy atom. The Labute approximate surface area is 118 Å². The van der Waals surface area contributed by atoms with E-state index in [9.17, 15) is 4.79 Å². The topological polar surface area (TPSA) is 54.5 Å². The van der Waals surface area contributed by atoms with Gasteiger partial charge in [-0.2, -0.15) is 0 Å². The summed E-state index contributed by atoms with van der Waals surface area (Å²) in [6.45, 7) is 6.32. The van der Waals surface area contributed by atoms with Crippen LogP contribution in [0.5, 0.6) is 0 Å². The summed E-state index contributed by atoms with van der Waals surface area (Å²) in [7, 11) is 3.53. The van der Waals surface area contributed by atoms with Gasteiger partial charge in [0.05, 0.1) is 7.11 Å². The molecule has 0 aromatic carbocycles. The van der Waals surface area contributed by atoms with Crippen molar-refractivity contribution in [1.82, 2.24) is 9.88 Å². The van der Waals surface area contributed by atoms with Gasteiger partial charge in [0.15, 0.2) is 10.8 Å². The number of aromatic nitrogens is 1. The molecule has 5 nitrogen and oxygen atoms in total. The SMILES string of the molecule is COC(=O)c1nc(NC2CCN(C)CC2C)sc1C. The number of rotatable bonds is 3. The lowest BCUT2D eigenvalue weighted by atomic mass is 9.94. The van der Waals surface area contributed by atoms with E-state index in [4.69, 9.17) is 4.74 Å². The van der Waals surface area contributed by atoms with Crippen LogP contribution in [-0.2, 0) is 4.74 Å². The van der Waals surface area contributed by atoms with E-state index in [0.29, 0.717) is 17.7 Å². The molecule has 1 aliphatic heterocycles. The number of carbonyl (C=O) groups is 1. The number of methoxy groups -OCH3 is 1. The molecular formula is C13H21N3O2S. The fraction of sp³-hybridized carbons (Fsp3) is 0.692. The maximum atomic E-state index is 11.5. The number of thiazole rings is 1. The first kappa shape index (κ1) is 14.3. The highest BCUT2D eigenvalue weighted by Gasteiger charge is 2.25. The molecule has 6 heteroatoms. The third kappa shape index (κ3) is 3.25. The number of hydrogen-bond acceptors (Lipinski definition) is 6. The van der Waals surface area contributed by atoms with Crippen LogP contribution in [0.2, 0.25) is 0 Å². The minimum atomic E-state index is -0.363. The van der Waals surface area contributed by atoms with Gasteiger partial charge in [-0.05, 0) is 32.9 Å². The van der Waals surface area contributed by atoms with Crippen LogP contribution in [-0.4, -0.2) is 49.1 Å². The molecular weight excluding hydrogens is 262 g/mol. The van der Waals surface area contributed by atoms with Gasteiger partial charge in [0.25, 0.3) is 0 Å². The second kappa shape index (κ2) is 5.88. The zero-order chi connectivity index (χ0) is 14.0. The predicted octanol–water partition coefficient (Wildman–Crippen LogP) is 1.99. The van der Waals surface area contributed by atoms with E-state index < -0.39 is 0 Å². The molecule has 0 aliphatic carbocycles. The van der Waals surface area contributed by atoms with Crippen LogP contribution < -0.4 is 5.32 Å². The molecule has 0 saturated carbocycles. The largest absolute Gasteiger partial charge is 0.464 e. The molecule has 1 fully saturated rings. The maximum absolute atomic E-state index is 11.5. The van der Waals surface area contributed by atoms with E-state index in [-0.39, 0.29) is 5.97 Å². The van der Waals surface area contributed by atoms with Crippen LogP contribution in [0.15, 0.2) is 0 Å². The van der Waals surface area contributed by atoms with E-state index in [0.717, 1.165) is 29.5 Å². The number of aryl methyl sites for hydroxylation is 1. The van der Waals surface area contributed by atoms with Crippen molar-refractivity contribution in [1.29, 1.82) is 0 Å². The molecule has 19 heavy (non-hydrogen) atoms. The third-order valence-corrected chi connectivity index (χ3v) is 4.49. The Morgan fingerprint density at radius 1 is 1.58 bits per heavy atom. The predicted molar refractivity (Wildman–Crippen MR) is 76.9 cm³/mol. The molecule has 1 aromatic heterocycles. The van der Waals surface area contributed by atoms with Crippen molar-refractivity contribution in [3.63, 3.8) is 0 Å². The molecule has 106 valence electrons. The normalized spacial score (nSPS) is 24.2. The molecule has 0 radical (unpaired) electrons. The van der Waals surface area contributed by atoms with Crippen molar-refractivity contribution >= 4 is 22.4 Å². The Morgan fingerprint density at radius 3 is 2.95 bits per heavy atom. The Balaban J connectivity index is 2.05. The summed E-state index contributed by atoms with van der Waals surface area (Å²) in [4.78, 5) is 19.1. The van der Waals surface area contributed by atoms with Crippen molar-refractivity contribution in [2.45, 2.75) is 26.3 Å². The smallest absolute Gasteiger partial charge is 0.357 e. The number of likely N-dealkylation sites (tertiary alicyclic amines) is 1. The second-order valence-corrected chi connectivity index (χ2v) is 6.40. The van der Waals surface area contributed by atoms with Crippen molar-refractivity contribution < 1.29 is 9.53 Å². The molecule has 0 bridgehead atoms. The standard InChI is InChI=1S/C13H21N3O2S/c1-8-7-16(3)6-5-10(8)14-13-15-11(9(2)19-13)12(17)18-4/h8,10H,5-7H2,1-4H3,(H,14,15). The highest BCUT2D eigenvalue weighted by Crippen LogP contribution is 2.26. The quantitative estimate of drug-likeness (QED) is 0.860. The van der Waals surface area contributed by atoms with Crippen LogP contribution in [0.1, 0.15) is 28.7 Å². The van der Waals surface area contributed by atoms with E-state index in [1.54, 1.807) is 0 Å². The number of carbonyl (C=O) groups excluding carboxylic acids is 1. The fourth-order valence-electron chi connectivity index (χ4n) is 2.47. The summed E-state index contributed by atoms with van der Waals surface area (Å²) < 4.78 is 4.73. The summed E-state index contributed by atoms with van der Waals surface area (Å²) in [6, 6.07) is 0.423. The lowest BCUT2D eigenvalue weighted by Gasteiger charge is -2.35. The van der Waals surface area contributed by atoms with Crippen LogP contribution >= 0.6 is 11.3 Å². The Hall–Kier alpha value is -1.14. The first-order valence-electron chi connectivity index (χ1n) is 6.52. The van der Waals surface area contributed by atoms with E-state index in [2.05, 4.69) is 29.2 Å². The first-order valence-corrected chi connectivity index (χ1v) is 7.33. The van der Waals surface area contributed by atoms with Gasteiger partial charge in [-0.25, -0.2) is 9.78 Å². The van der Waals surface area contributed by atoms with E-state index >= 15 is 0 Å². The van der Waals surface area contributed by atoms with Gasteiger partial charge < -0.3 is 15.0 Å². The molecule has 0 amide bonds. The number of anilines is 1. The highest BCUT2D eigenvalue weighted by atomic mass is 32.1. The number of piperidine rings is 1. The zero-order valence-corrected chi connectivity index (χ0v) is 12.7. The lowest BCUT2D eigenvalue weighted by molar-refractivity contribution is 0.0594. The van der Waals surface area contributed by atoms with Gasteiger partial charge in [0, 0.05) is 17.5 Å². The molecule has 0 spiro atoms. The van der Waals surface area contributed by atoms with Crippen LogP contribution in [0.25, 0.3) is 0 Å². The molecule has 2 atom stereocenters. The first-order chi connectivity index (χ1) is 9.01. The van der Waals surface area contributed by atoms with Gasteiger partial charge in [-0.15, -0.1) is 11.3 Å². The van der Waals surface area contributed by atoms with Gasteiger partial charge in [-0.3, -0.25) is 0 Å². The minimum Gasteiger partial charge on any atom is -0.464 e. The summed E-state index contributed by atoms with van der Waals surface area (Å²) >= 11 is 1.52. The number of nitrogens with zero attached hydrogens (tertiary/aromatic N) is 2. The molecule has 1 saturated heterocycles. The van der Waals surface area contributed by atoms with Gasteiger partial charge in [-0.1, -0.05) is 6.92 Å². The maximum Gasteiger partial charge on any atom is 0.357 e. The monoisotopic (exact) mass is 283 g/mol. The van der Waals surface area contributed by atoms with Gasteiger partial charge >= 0.3 is 5.97 Å². The molecule has 1 aromatic rings. The van der Waals surface area contributed by atoms with Crippen LogP contribution in [0.3, 0.4) is 0 Å². The molecule has 1 aliphatic rings. The Bertz CT molecular complexity index is 461. The number of nitrogens with one attached hydrogen (secondary N) is 1. The number of esters is 1. The van der Waals surface area contributed by atoms with Gasteiger partial charge in [0.2, 0.25) is 0 Å². The van der Waals surface area contributed by atoms with Crippen molar-refractivity contribution in [2.75, 3.05) is 32.6 Å². The average molecular weight is 283 g/mol. The number of hydrogen-bond donors (Lipinski definition) is 1. The molecule has 1 N–H and O–H groups in total. The van der Waals surface area contributed by atoms with Crippen LogP contribution in [0, 0.1) is 12.8 Å². The molecule has 2 unspecified atom stereocenters. The number of ether oxygens (including phenoxy) is 1. The molecule has 2 heterocycles. The summed E-state index contributed by atoms with van der Waals surface area (Å²) in [5.41, 5.74) is 0.426. The lowest BCUT2D eigenvalue weighted by Crippen LogP contribution is -2.43. The van der Waals surface area contributed by atoms with E-state index in [1.807, 2.05) is 6.92 Å². The highest BCUT2D eigenvalue weighted by molar-refractivity contribution is 7.15. The van der Waals surface area contributed by atoms with Crippen LogP contribution in [0.4, 0.5) is 5.13 Å². The zero-order valence-electron chi connectivity index (χ0n) is 11.9. The van der Waals surface area contributed by atoms with Crippen molar-refractivity contribution in [2.24, 2.45) is 5.92 Å². The summed E-state index contributed by atoms with van der Waals surface area (Å²) in [6.07, 6.45) is 1.10. The fourth-order valence-corrected chi connectivity index (χ4v) is 3.33. The van der Waals surface area contributed by atoms with E-state index in [1.165, 1.54) is 18.4 Å². The average Bonchev–Trinajstić information content (AvgIpc) is 2.73. The van der Waals surface area contributed by atoms with Crippen molar-refractivity contribution in [3.8, 4) is 0 Å². The summed E-state index contributed by atoms with van der Waals surface area (Å²) in [5, 5.41) is 4.28. The minimum absolute atomic E-state index is 0.363. The van der Waals surface area contributed by atoms with Gasteiger partial charge in [0.1, 0.15) is 0 Å². The summed E-state index contributed by atoms with van der Waals surface area (Å²) in [5.74, 6) is 0.211. The molecule has 2 rings (SSSR count). The second-order valence-electron chi connectivity index (χ2n) is 5.19.